The Hall–Kier alpha value is -0.790. The summed E-state index contributed by atoms with van der Waals surface area (Å²) in [5.74, 6) is 1.52. The molecule has 1 amide bonds. The molecule has 0 bridgehead atoms. The van der Waals surface area contributed by atoms with Crippen LogP contribution in [0.4, 0.5) is 0 Å². The standard InChI is InChI=1S/C13H23NO/c1-4-13(15)14-8-6-5-7-12(10-14)9-11(2)3/h4,11-12H,1,5-10H2,2-3H3/t12-/m0/s1. The van der Waals surface area contributed by atoms with Gasteiger partial charge in [0.1, 0.15) is 0 Å². The molecule has 0 aromatic heterocycles. The number of nitrogens with zero attached hydrogens (tertiary/aromatic N) is 1. The molecule has 1 saturated heterocycles. The van der Waals surface area contributed by atoms with Crippen LogP contribution in [0.25, 0.3) is 0 Å². The van der Waals surface area contributed by atoms with Crippen molar-refractivity contribution >= 4 is 5.91 Å². The summed E-state index contributed by atoms with van der Waals surface area (Å²) in [6.45, 7) is 9.92. The van der Waals surface area contributed by atoms with Gasteiger partial charge in [-0.3, -0.25) is 4.79 Å². The Bertz CT molecular complexity index is 223. The fraction of sp³-hybridized carbons (Fsp3) is 0.769. The lowest BCUT2D eigenvalue weighted by Gasteiger charge is -2.24. The van der Waals surface area contributed by atoms with Gasteiger partial charge in [-0.05, 0) is 37.2 Å². The van der Waals surface area contributed by atoms with Crippen molar-refractivity contribution < 1.29 is 4.79 Å². The third kappa shape index (κ3) is 4.06. The first-order valence-corrected chi connectivity index (χ1v) is 6.04. The smallest absolute Gasteiger partial charge is 0.245 e. The molecule has 0 aliphatic carbocycles. The maximum atomic E-state index is 11.6. The van der Waals surface area contributed by atoms with Crippen molar-refractivity contribution in [3.8, 4) is 0 Å². The third-order valence-corrected chi connectivity index (χ3v) is 3.06. The summed E-state index contributed by atoms with van der Waals surface area (Å²) in [5.41, 5.74) is 0. The predicted molar refractivity (Wildman–Crippen MR) is 63.6 cm³/mol. The molecule has 86 valence electrons. The van der Waals surface area contributed by atoms with Crippen molar-refractivity contribution in [1.29, 1.82) is 0 Å². The highest BCUT2D eigenvalue weighted by Crippen LogP contribution is 2.22. The molecule has 1 atom stereocenters. The molecule has 0 aromatic carbocycles. The normalized spacial score (nSPS) is 22.6. The van der Waals surface area contributed by atoms with E-state index in [0.717, 1.165) is 25.4 Å². The van der Waals surface area contributed by atoms with Crippen LogP contribution < -0.4 is 0 Å². The molecule has 1 aliphatic rings. The summed E-state index contributed by atoms with van der Waals surface area (Å²) in [6, 6.07) is 0. The molecule has 1 heterocycles. The number of hydrogen-bond donors (Lipinski definition) is 0. The van der Waals surface area contributed by atoms with Crippen molar-refractivity contribution in [2.24, 2.45) is 11.8 Å². The van der Waals surface area contributed by atoms with Gasteiger partial charge in [0.25, 0.3) is 0 Å². The van der Waals surface area contributed by atoms with Crippen LogP contribution in [-0.2, 0) is 4.79 Å². The largest absolute Gasteiger partial charge is 0.339 e. The number of carbonyl (C=O) groups excluding carboxylic acids is 1. The van der Waals surface area contributed by atoms with Crippen LogP contribution in [0.15, 0.2) is 12.7 Å². The number of amides is 1. The van der Waals surface area contributed by atoms with Gasteiger partial charge in [-0.1, -0.05) is 26.8 Å². The molecule has 0 saturated carbocycles. The summed E-state index contributed by atoms with van der Waals surface area (Å²) in [7, 11) is 0. The zero-order valence-electron chi connectivity index (χ0n) is 10.0. The fourth-order valence-corrected chi connectivity index (χ4v) is 2.42. The molecule has 0 unspecified atom stereocenters. The van der Waals surface area contributed by atoms with E-state index in [9.17, 15) is 4.79 Å². The lowest BCUT2D eigenvalue weighted by atomic mass is 9.93. The second-order valence-electron chi connectivity index (χ2n) is 4.98. The fourth-order valence-electron chi connectivity index (χ4n) is 2.42. The van der Waals surface area contributed by atoms with E-state index in [1.54, 1.807) is 0 Å². The average molecular weight is 209 g/mol. The molecular weight excluding hydrogens is 186 g/mol. The van der Waals surface area contributed by atoms with Gasteiger partial charge in [0.2, 0.25) is 5.91 Å². The highest BCUT2D eigenvalue weighted by molar-refractivity contribution is 5.86. The van der Waals surface area contributed by atoms with Gasteiger partial charge in [-0.15, -0.1) is 0 Å². The zero-order chi connectivity index (χ0) is 11.3. The van der Waals surface area contributed by atoms with E-state index in [-0.39, 0.29) is 5.91 Å². The van der Waals surface area contributed by atoms with Crippen LogP contribution in [0.1, 0.15) is 39.5 Å². The van der Waals surface area contributed by atoms with Crippen LogP contribution in [0, 0.1) is 11.8 Å². The number of carbonyl (C=O) groups is 1. The molecule has 1 aliphatic heterocycles. The van der Waals surface area contributed by atoms with Crippen molar-refractivity contribution in [2.75, 3.05) is 13.1 Å². The summed E-state index contributed by atoms with van der Waals surface area (Å²) in [6.07, 6.45) is 6.37. The minimum Gasteiger partial charge on any atom is -0.339 e. The van der Waals surface area contributed by atoms with E-state index in [4.69, 9.17) is 0 Å². The highest BCUT2D eigenvalue weighted by atomic mass is 16.2. The molecule has 2 nitrogen and oxygen atoms in total. The first-order valence-electron chi connectivity index (χ1n) is 6.04. The van der Waals surface area contributed by atoms with Gasteiger partial charge in [0, 0.05) is 13.1 Å². The van der Waals surface area contributed by atoms with Gasteiger partial charge < -0.3 is 4.90 Å². The molecule has 1 fully saturated rings. The SMILES string of the molecule is C=CC(=O)N1CCCC[C@@H](CC(C)C)C1. The van der Waals surface area contributed by atoms with Gasteiger partial charge >= 0.3 is 0 Å². The Kier molecular flexibility index (Phi) is 4.86. The molecule has 2 heteroatoms. The van der Waals surface area contributed by atoms with E-state index < -0.39 is 0 Å². The quantitative estimate of drug-likeness (QED) is 0.654. The van der Waals surface area contributed by atoms with Crippen molar-refractivity contribution in [3.05, 3.63) is 12.7 Å². The molecule has 0 aromatic rings. The van der Waals surface area contributed by atoms with E-state index in [2.05, 4.69) is 20.4 Å². The lowest BCUT2D eigenvalue weighted by molar-refractivity contribution is -0.126. The maximum absolute atomic E-state index is 11.6. The maximum Gasteiger partial charge on any atom is 0.245 e. The second-order valence-corrected chi connectivity index (χ2v) is 4.98. The minimum absolute atomic E-state index is 0.102. The number of likely N-dealkylation sites (tertiary alicyclic amines) is 1. The van der Waals surface area contributed by atoms with Gasteiger partial charge in [-0.2, -0.15) is 0 Å². The van der Waals surface area contributed by atoms with Crippen molar-refractivity contribution in [1.82, 2.24) is 4.90 Å². The zero-order valence-corrected chi connectivity index (χ0v) is 10.0. The third-order valence-electron chi connectivity index (χ3n) is 3.06. The predicted octanol–water partition coefficient (Wildman–Crippen LogP) is 2.85. The lowest BCUT2D eigenvalue weighted by Crippen LogP contribution is -2.33. The van der Waals surface area contributed by atoms with Crippen LogP contribution in [0.2, 0.25) is 0 Å². The van der Waals surface area contributed by atoms with Crippen LogP contribution in [0.3, 0.4) is 0 Å². The molecular formula is C13H23NO. The average Bonchev–Trinajstić information content (AvgIpc) is 2.41. The van der Waals surface area contributed by atoms with Crippen LogP contribution >= 0.6 is 0 Å². The molecule has 0 spiro atoms. The van der Waals surface area contributed by atoms with Gasteiger partial charge in [0.15, 0.2) is 0 Å². The van der Waals surface area contributed by atoms with Gasteiger partial charge in [0.05, 0.1) is 0 Å². The number of hydrogen-bond acceptors (Lipinski definition) is 1. The first-order chi connectivity index (χ1) is 7.13. The minimum atomic E-state index is 0.102. The van der Waals surface area contributed by atoms with E-state index in [1.807, 2.05) is 4.90 Å². The monoisotopic (exact) mass is 209 g/mol. The summed E-state index contributed by atoms with van der Waals surface area (Å²) in [5, 5.41) is 0. The van der Waals surface area contributed by atoms with Crippen LogP contribution in [0.5, 0.6) is 0 Å². The second kappa shape index (κ2) is 5.94. The van der Waals surface area contributed by atoms with Crippen LogP contribution in [-0.4, -0.2) is 23.9 Å². The molecule has 0 N–H and O–H groups in total. The highest BCUT2D eigenvalue weighted by Gasteiger charge is 2.20. The van der Waals surface area contributed by atoms with E-state index in [0.29, 0.717) is 5.92 Å². The summed E-state index contributed by atoms with van der Waals surface area (Å²) in [4.78, 5) is 13.5. The van der Waals surface area contributed by atoms with Crippen molar-refractivity contribution in [3.63, 3.8) is 0 Å². The Balaban J connectivity index is 2.52. The Morgan fingerprint density at radius 3 is 2.87 bits per heavy atom. The Morgan fingerprint density at radius 1 is 1.53 bits per heavy atom. The molecule has 15 heavy (non-hydrogen) atoms. The Labute approximate surface area is 93.3 Å². The van der Waals surface area contributed by atoms with Crippen molar-refractivity contribution in [2.45, 2.75) is 39.5 Å². The summed E-state index contributed by atoms with van der Waals surface area (Å²) < 4.78 is 0. The topological polar surface area (TPSA) is 20.3 Å². The van der Waals surface area contributed by atoms with Gasteiger partial charge in [-0.25, -0.2) is 0 Å². The Morgan fingerprint density at radius 2 is 2.27 bits per heavy atom. The van der Waals surface area contributed by atoms with E-state index in [1.165, 1.54) is 25.3 Å². The number of rotatable bonds is 3. The molecule has 1 rings (SSSR count). The first kappa shape index (κ1) is 12.3. The summed E-state index contributed by atoms with van der Waals surface area (Å²) >= 11 is 0. The van der Waals surface area contributed by atoms with E-state index >= 15 is 0 Å². The molecule has 0 radical (unpaired) electrons.